The minimum absolute atomic E-state index is 0.273. The molecule has 116 valence electrons. The van der Waals surface area contributed by atoms with Crippen molar-refractivity contribution in [3.05, 3.63) is 0 Å². The van der Waals surface area contributed by atoms with Crippen LogP contribution in [0.25, 0.3) is 0 Å². The van der Waals surface area contributed by atoms with Gasteiger partial charge in [-0.15, -0.1) is 5.01 Å². The van der Waals surface area contributed by atoms with Crippen molar-refractivity contribution in [3.8, 4) is 0 Å². The molecule has 1 fully saturated rings. The highest BCUT2D eigenvalue weighted by molar-refractivity contribution is 5.70. The molecule has 1 aliphatic carbocycles. The van der Waals surface area contributed by atoms with Crippen molar-refractivity contribution in [2.45, 2.75) is 51.7 Å². The van der Waals surface area contributed by atoms with Gasteiger partial charge in [-0.25, -0.2) is 5.21 Å². The van der Waals surface area contributed by atoms with E-state index in [2.05, 4.69) is 5.28 Å². The molecule has 0 amide bonds. The summed E-state index contributed by atoms with van der Waals surface area (Å²) >= 11 is 0. The van der Waals surface area contributed by atoms with Crippen LogP contribution in [0.2, 0.25) is 0 Å². The Hall–Kier alpha value is -1.57. The van der Waals surface area contributed by atoms with Gasteiger partial charge in [0.25, 0.3) is 10.2 Å². The zero-order valence-electron chi connectivity index (χ0n) is 12.3. The topological polar surface area (TPSA) is 111 Å². The van der Waals surface area contributed by atoms with Crippen LogP contribution in [0.3, 0.4) is 0 Å². The Morgan fingerprint density at radius 3 is 2.60 bits per heavy atom. The van der Waals surface area contributed by atoms with Gasteiger partial charge in [0, 0.05) is 13.0 Å². The molecule has 0 unspecified atom stereocenters. The van der Waals surface area contributed by atoms with Crippen molar-refractivity contribution < 1.29 is 24.9 Å². The molecule has 0 bridgehead atoms. The molecule has 0 aromatic carbocycles. The van der Waals surface area contributed by atoms with E-state index in [1.165, 1.54) is 0 Å². The van der Waals surface area contributed by atoms with Crippen LogP contribution in [0.5, 0.6) is 0 Å². The van der Waals surface area contributed by atoms with Gasteiger partial charge in [-0.3, -0.25) is 4.79 Å². The molecule has 0 saturated heterocycles. The molecule has 8 heteroatoms. The molecule has 0 aromatic heterocycles. The molecule has 8 nitrogen and oxygen atoms in total. The maximum Gasteiger partial charge on any atom is 0.306 e. The van der Waals surface area contributed by atoms with Crippen LogP contribution in [0.4, 0.5) is 0 Å². The molecule has 20 heavy (non-hydrogen) atoms. The lowest BCUT2D eigenvalue weighted by molar-refractivity contribution is -0.949. The van der Waals surface area contributed by atoms with E-state index in [0.717, 1.165) is 0 Å². The molecular weight excluding hydrogens is 264 g/mol. The van der Waals surface area contributed by atoms with Crippen LogP contribution in [0, 0.1) is 5.92 Å². The van der Waals surface area contributed by atoms with Crippen LogP contribution < -0.4 is 5.73 Å². The highest BCUT2D eigenvalue weighted by Crippen LogP contribution is 2.28. The number of rotatable bonds is 6. The molecule has 0 spiro atoms. The van der Waals surface area contributed by atoms with Crippen molar-refractivity contribution in [2.24, 2.45) is 16.9 Å². The van der Waals surface area contributed by atoms with E-state index < -0.39 is 5.97 Å². The SMILES string of the molecule is CC(C)(C)N(CCN)/[N+](O)=N/O[C@@H]1CC[C@H](C(=O)O)C1. The van der Waals surface area contributed by atoms with Gasteiger partial charge in [-0.05, 0) is 33.6 Å². The molecule has 1 saturated carbocycles. The second-order valence-electron chi connectivity index (χ2n) is 6.01. The third-order valence-corrected chi connectivity index (χ3v) is 3.33. The highest BCUT2D eigenvalue weighted by atomic mass is 16.7. The number of nitrogens with zero attached hydrogens (tertiary/aromatic N) is 3. The van der Waals surface area contributed by atoms with Gasteiger partial charge in [0.1, 0.15) is 6.10 Å². The molecule has 0 heterocycles. The number of nitrogens with two attached hydrogens (primary N) is 1. The number of carboxylic acid groups (broad SMARTS) is 1. The monoisotopic (exact) mass is 289 g/mol. The van der Waals surface area contributed by atoms with Crippen LogP contribution in [0.15, 0.2) is 5.28 Å². The minimum atomic E-state index is -0.809. The first-order valence-electron chi connectivity index (χ1n) is 6.82. The summed E-state index contributed by atoms with van der Waals surface area (Å²) in [6, 6.07) is 0. The lowest BCUT2D eigenvalue weighted by atomic mass is 10.1. The van der Waals surface area contributed by atoms with Crippen molar-refractivity contribution in [3.63, 3.8) is 0 Å². The number of carbonyl (C=O) groups is 1. The van der Waals surface area contributed by atoms with Gasteiger partial charge in [0.05, 0.1) is 18.0 Å². The number of carboxylic acids is 1. The fourth-order valence-electron chi connectivity index (χ4n) is 2.23. The smallest absolute Gasteiger partial charge is 0.306 e. The summed E-state index contributed by atoms with van der Waals surface area (Å²) in [5.74, 6) is -1.19. The minimum Gasteiger partial charge on any atom is -0.481 e. The lowest BCUT2D eigenvalue weighted by Gasteiger charge is -2.25. The Kier molecular flexibility index (Phi) is 5.55. The van der Waals surface area contributed by atoms with E-state index in [-0.39, 0.29) is 17.6 Å². The molecule has 0 radical (unpaired) electrons. The summed E-state index contributed by atoms with van der Waals surface area (Å²) in [6.07, 6.45) is 1.34. The summed E-state index contributed by atoms with van der Waals surface area (Å²) < 4.78 is 0. The predicted octanol–water partition coefficient (Wildman–Crippen LogP) is 0.999. The van der Waals surface area contributed by atoms with Gasteiger partial charge >= 0.3 is 5.97 Å². The summed E-state index contributed by atoms with van der Waals surface area (Å²) in [4.78, 5) is 16.7. The fourth-order valence-corrected chi connectivity index (χ4v) is 2.23. The van der Waals surface area contributed by atoms with Gasteiger partial charge in [-0.2, -0.15) is 0 Å². The van der Waals surface area contributed by atoms with Gasteiger partial charge in [0.2, 0.25) is 0 Å². The van der Waals surface area contributed by atoms with Crippen LogP contribution >= 0.6 is 0 Å². The Morgan fingerprint density at radius 2 is 2.15 bits per heavy atom. The first kappa shape index (κ1) is 16.5. The largest absolute Gasteiger partial charge is 0.481 e. The Morgan fingerprint density at radius 1 is 1.50 bits per heavy atom. The van der Waals surface area contributed by atoms with E-state index in [1.54, 1.807) is 5.01 Å². The molecule has 0 aliphatic heterocycles. The van der Waals surface area contributed by atoms with Crippen molar-refractivity contribution in [2.75, 3.05) is 13.1 Å². The quantitative estimate of drug-likeness (QED) is 0.382. The van der Waals surface area contributed by atoms with E-state index in [1.807, 2.05) is 20.8 Å². The second-order valence-corrected chi connectivity index (χ2v) is 6.01. The van der Waals surface area contributed by atoms with Crippen LogP contribution in [-0.2, 0) is 9.63 Å². The maximum absolute atomic E-state index is 10.8. The van der Waals surface area contributed by atoms with Crippen molar-refractivity contribution >= 4 is 5.97 Å². The summed E-state index contributed by atoms with van der Waals surface area (Å²) in [6.45, 7) is 6.54. The van der Waals surface area contributed by atoms with E-state index in [0.29, 0.717) is 37.3 Å². The lowest BCUT2D eigenvalue weighted by Crippen LogP contribution is -2.49. The van der Waals surface area contributed by atoms with Crippen LogP contribution in [-0.4, -0.2) is 51.0 Å². The molecule has 1 aliphatic rings. The summed E-state index contributed by atoms with van der Waals surface area (Å²) in [5, 5.41) is 24.0. The number of hydrogen-bond acceptors (Lipinski definition) is 4. The van der Waals surface area contributed by atoms with Crippen molar-refractivity contribution in [1.82, 2.24) is 5.01 Å². The standard InChI is InChI=1S/C12H24N4O4/c1-12(2,3)15(7-6-13)16(19)14-20-10-5-4-9(8-10)11(17)18/h9-10H,4-8,13H2,1-3H3,(H-,14,17,18,19)/p+1/t9-,10+/m0/s1. The third kappa shape index (κ3) is 4.52. The fraction of sp³-hybridized carbons (Fsp3) is 0.917. The predicted molar refractivity (Wildman–Crippen MR) is 69.8 cm³/mol. The van der Waals surface area contributed by atoms with Crippen LogP contribution in [0.1, 0.15) is 40.0 Å². The first-order valence-corrected chi connectivity index (χ1v) is 6.82. The normalized spacial score (nSPS) is 23.7. The average molecular weight is 289 g/mol. The summed E-state index contributed by atoms with van der Waals surface area (Å²) in [7, 11) is 0. The Labute approximate surface area is 118 Å². The molecular formula is C12H25N4O4+. The Balaban J connectivity index is 2.58. The Bertz CT molecular complexity index is 367. The molecule has 4 N–H and O–H groups in total. The zero-order valence-corrected chi connectivity index (χ0v) is 12.3. The second kappa shape index (κ2) is 6.74. The van der Waals surface area contributed by atoms with E-state index in [9.17, 15) is 10.0 Å². The highest BCUT2D eigenvalue weighted by Gasteiger charge is 2.34. The molecule has 0 aromatic rings. The summed E-state index contributed by atoms with van der Waals surface area (Å²) in [5.41, 5.74) is 5.15. The number of aliphatic carboxylic acids is 1. The molecule has 2 atom stereocenters. The maximum atomic E-state index is 10.8. The van der Waals surface area contributed by atoms with Gasteiger partial charge < -0.3 is 15.7 Å². The number of hydrazine groups is 1. The first-order chi connectivity index (χ1) is 9.25. The van der Waals surface area contributed by atoms with Gasteiger partial charge in [-0.1, -0.05) is 0 Å². The van der Waals surface area contributed by atoms with E-state index in [4.69, 9.17) is 15.7 Å². The van der Waals surface area contributed by atoms with Gasteiger partial charge in [0.15, 0.2) is 0 Å². The van der Waals surface area contributed by atoms with Crippen molar-refractivity contribution in [1.29, 1.82) is 0 Å². The average Bonchev–Trinajstić information content (AvgIpc) is 2.80. The number of hydrogen-bond donors (Lipinski definition) is 3. The van der Waals surface area contributed by atoms with E-state index >= 15 is 0 Å². The molecule has 1 rings (SSSR count). The zero-order chi connectivity index (χ0) is 15.3. The third-order valence-electron chi connectivity index (χ3n) is 3.33.